The highest BCUT2D eigenvalue weighted by Crippen LogP contribution is 2.26. The van der Waals surface area contributed by atoms with Gasteiger partial charge in [-0.15, -0.1) is 23.1 Å². The minimum atomic E-state index is 1.09. The minimum Gasteiger partial charge on any atom is -0.232 e. The molecule has 0 atom stereocenters. The number of thioether (sulfide) groups is 1. The van der Waals surface area contributed by atoms with Gasteiger partial charge < -0.3 is 0 Å². The lowest BCUT2D eigenvalue weighted by Crippen LogP contribution is -1.72. The molecule has 0 aliphatic carbocycles. The van der Waals surface area contributed by atoms with Crippen LogP contribution in [0.4, 0.5) is 0 Å². The molecule has 3 heteroatoms. The molecule has 1 heterocycles. The number of rotatable bonds is 1. The maximum Gasteiger partial charge on any atom is 0.153 e. The fourth-order valence-electron chi connectivity index (χ4n) is 0.977. The summed E-state index contributed by atoms with van der Waals surface area (Å²) < 4.78 is 1.22. The quantitative estimate of drug-likeness (QED) is 0.626. The van der Waals surface area contributed by atoms with Crippen molar-refractivity contribution in [3.63, 3.8) is 0 Å². The summed E-state index contributed by atoms with van der Waals surface area (Å²) in [5.74, 6) is 0. The van der Waals surface area contributed by atoms with E-state index in [0.29, 0.717) is 0 Å². The average Bonchev–Trinajstić information content (AvgIpc) is 2.50. The number of fused-ring (bicyclic) bond motifs is 1. The van der Waals surface area contributed by atoms with E-state index in [9.17, 15) is 0 Å². The number of hydrogen-bond acceptors (Lipinski definition) is 3. The van der Waals surface area contributed by atoms with E-state index in [1.54, 1.807) is 23.1 Å². The highest BCUT2D eigenvalue weighted by Gasteiger charge is 2.00. The molecule has 2 aromatic rings. The standard InChI is InChI=1S/C8H6NS2/c1-10-6-3-2-4-7-8(6)9-5-11-7/h2-4H,1H3. The van der Waals surface area contributed by atoms with Crippen molar-refractivity contribution < 1.29 is 0 Å². The van der Waals surface area contributed by atoms with Gasteiger partial charge in [-0.25, -0.2) is 4.98 Å². The van der Waals surface area contributed by atoms with Gasteiger partial charge in [0.05, 0.1) is 10.2 Å². The van der Waals surface area contributed by atoms with E-state index < -0.39 is 0 Å². The largest absolute Gasteiger partial charge is 0.232 e. The van der Waals surface area contributed by atoms with Gasteiger partial charge in [0.15, 0.2) is 5.51 Å². The molecule has 1 aromatic carbocycles. The Morgan fingerprint density at radius 3 is 3.27 bits per heavy atom. The van der Waals surface area contributed by atoms with Crippen LogP contribution in [0.15, 0.2) is 23.1 Å². The van der Waals surface area contributed by atoms with E-state index in [-0.39, 0.29) is 0 Å². The van der Waals surface area contributed by atoms with Gasteiger partial charge in [-0.3, -0.25) is 0 Å². The highest BCUT2D eigenvalue weighted by atomic mass is 32.2. The van der Waals surface area contributed by atoms with Crippen molar-refractivity contribution in [3.05, 3.63) is 23.7 Å². The predicted molar refractivity (Wildman–Crippen MR) is 50.2 cm³/mol. The topological polar surface area (TPSA) is 12.9 Å². The van der Waals surface area contributed by atoms with Gasteiger partial charge in [0.25, 0.3) is 0 Å². The van der Waals surface area contributed by atoms with Crippen molar-refractivity contribution >= 4 is 33.3 Å². The van der Waals surface area contributed by atoms with E-state index in [4.69, 9.17) is 0 Å². The normalized spacial score (nSPS) is 10.6. The number of benzene rings is 1. The molecule has 11 heavy (non-hydrogen) atoms. The Hall–Kier alpha value is -0.540. The van der Waals surface area contributed by atoms with Crippen molar-refractivity contribution in [3.8, 4) is 0 Å². The molecule has 1 radical (unpaired) electrons. The zero-order valence-electron chi connectivity index (χ0n) is 6.00. The van der Waals surface area contributed by atoms with Crippen LogP contribution in [0.3, 0.4) is 0 Å². The van der Waals surface area contributed by atoms with Crippen LogP contribution in [0, 0.1) is 5.51 Å². The number of thiazole rings is 1. The molecular weight excluding hydrogens is 174 g/mol. The van der Waals surface area contributed by atoms with Gasteiger partial charge in [-0.1, -0.05) is 6.07 Å². The molecule has 0 unspecified atom stereocenters. The molecule has 0 spiro atoms. The molecular formula is C8H6NS2. The van der Waals surface area contributed by atoms with Crippen LogP contribution in [0.25, 0.3) is 10.2 Å². The van der Waals surface area contributed by atoms with Gasteiger partial charge >= 0.3 is 0 Å². The van der Waals surface area contributed by atoms with Gasteiger partial charge in [-0.05, 0) is 18.4 Å². The zero-order chi connectivity index (χ0) is 7.68. The third-order valence-corrected chi connectivity index (χ3v) is 3.00. The second-order valence-electron chi connectivity index (χ2n) is 2.11. The summed E-state index contributed by atoms with van der Waals surface area (Å²) in [6.07, 6.45) is 2.06. The van der Waals surface area contributed by atoms with Crippen LogP contribution in [-0.2, 0) is 0 Å². The SMILES string of the molecule is CSc1cccc2s[c]nc12. The molecule has 0 bridgehead atoms. The smallest absolute Gasteiger partial charge is 0.153 e. The molecule has 1 nitrogen and oxygen atoms in total. The van der Waals surface area contributed by atoms with Crippen molar-refractivity contribution in [1.82, 2.24) is 4.98 Å². The number of aromatic nitrogens is 1. The maximum absolute atomic E-state index is 4.16. The molecule has 0 aliphatic heterocycles. The van der Waals surface area contributed by atoms with Crippen LogP contribution >= 0.6 is 23.1 Å². The van der Waals surface area contributed by atoms with Gasteiger partial charge in [0.1, 0.15) is 0 Å². The Labute approximate surface area is 73.5 Å². The van der Waals surface area contributed by atoms with E-state index in [1.807, 2.05) is 0 Å². The minimum absolute atomic E-state index is 1.09. The predicted octanol–water partition coefficient (Wildman–Crippen LogP) is 2.82. The molecule has 55 valence electrons. The first-order valence-electron chi connectivity index (χ1n) is 3.21. The number of hydrogen-bond donors (Lipinski definition) is 0. The third-order valence-electron chi connectivity index (χ3n) is 1.49. The Balaban J connectivity index is 2.79. The summed E-state index contributed by atoms with van der Waals surface area (Å²) in [6.45, 7) is 0. The Morgan fingerprint density at radius 1 is 1.55 bits per heavy atom. The Morgan fingerprint density at radius 2 is 2.45 bits per heavy atom. The van der Waals surface area contributed by atoms with Crippen LogP contribution in [0.2, 0.25) is 0 Å². The average molecular weight is 180 g/mol. The molecule has 0 amide bonds. The monoisotopic (exact) mass is 180 g/mol. The summed E-state index contributed by atoms with van der Waals surface area (Å²) in [4.78, 5) is 5.40. The van der Waals surface area contributed by atoms with E-state index in [2.05, 4.69) is 34.9 Å². The van der Waals surface area contributed by atoms with E-state index in [0.717, 1.165) is 5.52 Å². The first kappa shape index (κ1) is 7.13. The van der Waals surface area contributed by atoms with Crippen molar-refractivity contribution in [1.29, 1.82) is 0 Å². The van der Waals surface area contributed by atoms with Crippen LogP contribution in [0.5, 0.6) is 0 Å². The van der Waals surface area contributed by atoms with E-state index in [1.165, 1.54) is 9.60 Å². The second-order valence-corrected chi connectivity index (χ2v) is 3.79. The first-order valence-corrected chi connectivity index (χ1v) is 5.25. The summed E-state index contributed by atoms with van der Waals surface area (Å²) in [7, 11) is 0. The lowest BCUT2D eigenvalue weighted by atomic mass is 10.3. The van der Waals surface area contributed by atoms with Gasteiger partial charge in [0, 0.05) is 4.90 Å². The summed E-state index contributed by atoms with van der Waals surface area (Å²) in [6, 6.07) is 6.21. The fourth-order valence-corrected chi connectivity index (χ4v) is 2.24. The maximum atomic E-state index is 4.16. The lowest BCUT2D eigenvalue weighted by Gasteiger charge is -1.94. The molecule has 0 aliphatic rings. The molecule has 1 aromatic heterocycles. The first-order chi connectivity index (χ1) is 5.42. The number of para-hydroxylation sites is 1. The molecule has 0 N–H and O–H groups in total. The van der Waals surface area contributed by atoms with Crippen molar-refractivity contribution in [2.24, 2.45) is 0 Å². The third kappa shape index (κ3) is 1.14. The lowest BCUT2D eigenvalue weighted by molar-refractivity contribution is 1.41. The van der Waals surface area contributed by atoms with Crippen molar-refractivity contribution in [2.75, 3.05) is 6.26 Å². The molecule has 0 saturated heterocycles. The summed E-state index contributed by atoms with van der Waals surface area (Å²) in [5.41, 5.74) is 3.98. The Bertz CT molecular complexity index is 367. The van der Waals surface area contributed by atoms with Gasteiger partial charge in [-0.2, -0.15) is 0 Å². The fraction of sp³-hybridized carbons (Fsp3) is 0.125. The zero-order valence-corrected chi connectivity index (χ0v) is 7.63. The van der Waals surface area contributed by atoms with Gasteiger partial charge in [0.2, 0.25) is 0 Å². The van der Waals surface area contributed by atoms with Crippen LogP contribution < -0.4 is 0 Å². The highest BCUT2D eigenvalue weighted by molar-refractivity contribution is 7.98. The second kappa shape index (κ2) is 2.83. The molecule has 2 rings (SSSR count). The summed E-state index contributed by atoms with van der Waals surface area (Å²) in [5, 5.41) is 0. The van der Waals surface area contributed by atoms with Crippen molar-refractivity contribution in [2.45, 2.75) is 4.90 Å². The summed E-state index contributed by atoms with van der Waals surface area (Å²) >= 11 is 3.29. The molecule has 0 saturated carbocycles. The Kier molecular flexibility index (Phi) is 1.84. The molecule has 0 fully saturated rings. The number of nitrogens with zero attached hydrogens (tertiary/aromatic N) is 1. The van der Waals surface area contributed by atoms with Crippen LogP contribution in [0.1, 0.15) is 0 Å². The van der Waals surface area contributed by atoms with E-state index >= 15 is 0 Å². The van der Waals surface area contributed by atoms with Crippen LogP contribution in [-0.4, -0.2) is 11.2 Å².